The van der Waals surface area contributed by atoms with Crippen molar-refractivity contribution in [1.29, 1.82) is 0 Å². The summed E-state index contributed by atoms with van der Waals surface area (Å²) in [5.41, 5.74) is 0. The van der Waals surface area contributed by atoms with Crippen molar-refractivity contribution in [3.8, 4) is 0 Å². The Bertz CT molecular complexity index is 643. The number of furan rings is 1. The topological polar surface area (TPSA) is 62.0 Å². The van der Waals surface area contributed by atoms with Gasteiger partial charge in [0.05, 0.1) is 26.0 Å². The fourth-order valence-electron chi connectivity index (χ4n) is 2.88. The number of thiophene rings is 1. The van der Waals surface area contributed by atoms with Gasteiger partial charge in [0, 0.05) is 43.5 Å². The first-order valence-electron chi connectivity index (χ1n) is 9.20. The summed E-state index contributed by atoms with van der Waals surface area (Å²) in [6.45, 7) is 8.23. The van der Waals surface area contributed by atoms with Crippen LogP contribution < -0.4 is 10.6 Å². The Labute approximate surface area is 182 Å². The van der Waals surface area contributed by atoms with Gasteiger partial charge in [-0.1, -0.05) is 6.07 Å². The van der Waals surface area contributed by atoms with Gasteiger partial charge in [-0.2, -0.15) is 0 Å². The summed E-state index contributed by atoms with van der Waals surface area (Å²) < 4.78 is 10.8. The zero-order valence-electron chi connectivity index (χ0n) is 15.7. The molecule has 2 aromatic rings. The molecule has 0 spiro atoms. The molecule has 0 aliphatic carbocycles. The van der Waals surface area contributed by atoms with Crippen molar-refractivity contribution in [2.75, 3.05) is 39.4 Å². The minimum atomic E-state index is 0. The lowest BCUT2D eigenvalue weighted by atomic mass is 10.2. The molecule has 2 N–H and O–H groups in total. The Morgan fingerprint density at radius 2 is 2.11 bits per heavy atom. The Morgan fingerprint density at radius 3 is 2.81 bits per heavy atom. The van der Waals surface area contributed by atoms with Gasteiger partial charge in [-0.25, -0.2) is 4.99 Å². The van der Waals surface area contributed by atoms with Crippen molar-refractivity contribution in [2.24, 2.45) is 4.99 Å². The first-order chi connectivity index (χ1) is 12.8. The van der Waals surface area contributed by atoms with Gasteiger partial charge in [-0.3, -0.25) is 4.90 Å². The number of hydrogen-bond donors (Lipinski definition) is 2. The van der Waals surface area contributed by atoms with E-state index in [0.29, 0.717) is 12.6 Å². The van der Waals surface area contributed by atoms with E-state index in [2.05, 4.69) is 40.0 Å². The summed E-state index contributed by atoms with van der Waals surface area (Å²) in [6.07, 6.45) is 2.55. The summed E-state index contributed by atoms with van der Waals surface area (Å²) >= 11 is 1.73. The minimum Gasteiger partial charge on any atom is -0.469 e. The maximum atomic E-state index is 5.44. The molecule has 1 aliphatic rings. The van der Waals surface area contributed by atoms with Crippen LogP contribution in [0.3, 0.4) is 0 Å². The number of nitrogens with one attached hydrogen (secondary N) is 2. The Morgan fingerprint density at radius 1 is 1.26 bits per heavy atom. The van der Waals surface area contributed by atoms with E-state index in [1.807, 2.05) is 12.1 Å². The summed E-state index contributed by atoms with van der Waals surface area (Å²) in [5.74, 6) is 1.84. The number of hydrogen-bond acceptors (Lipinski definition) is 5. The third kappa shape index (κ3) is 7.81. The van der Waals surface area contributed by atoms with E-state index in [9.17, 15) is 0 Å². The van der Waals surface area contributed by atoms with Gasteiger partial charge in [0.1, 0.15) is 5.76 Å². The molecular weight excluding hydrogens is 475 g/mol. The van der Waals surface area contributed by atoms with Gasteiger partial charge < -0.3 is 19.8 Å². The summed E-state index contributed by atoms with van der Waals surface area (Å²) in [6, 6.07) is 8.54. The van der Waals surface area contributed by atoms with Crippen LogP contribution in [0.1, 0.15) is 17.6 Å². The van der Waals surface area contributed by atoms with E-state index in [1.165, 1.54) is 4.88 Å². The van der Waals surface area contributed by atoms with Gasteiger partial charge >= 0.3 is 0 Å². The number of aliphatic imine (C=N–C) groups is 1. The van der Waals surface area contributed by atoms with E-state index in [4.69, 9.17) is 14.1 Å². The molecule has 1 fully saturated rings. The van der Waals surface area contributed by atoms with Crippen LogP contribution in [0.5, 0.6) is 0 Å². The zero-order valence-corrected chi connectivity index (χ0v) is 18.9. The van der Waals surface area contributed by atoms with Crippen LogP contribution in [0.25, 0.3) is 0 Å². The van der Waals surface area contributed by atoms with E-state index >= 15 is 0 Å². The zero-order chi connectivity index (χ0) is 18.0. The van der Waals surface area contributed by atoms with Crippen LogP contribution in [0, 0.1) is 0 Å². The lowest BCUT2D eigenvalue weighted by Crippen LogP contribution is -2.49. The lowest BCUT2D eigenvalue weighted by Gasteiger charge is -2.32. The van der Waals surface area contributed by atoms with Crippen LogP contribution in [0.4, 0.5) is 0 Å². The SMILES string of the molecule is CC(CNC(=NCc1cccs1)NCCc1ccco1)N1CCOCC1.I. The first kappa shape index (κ1) is 22.2. The minimum absolute atomic E-state index is 0. The predicted molar refractivity (Wildman–Crippen MR) is 121 cm³/mol. The highest BCUT2D eigenvalue weighted by Crippen LogP contribution is 2.09. The molecule has 3 rings (SSSR count). The first-order valence-corrected chi connectivity index (χ1v) is 10.1. The second-order valence-corrected chi connectivity index (χ2v) is 7.41. The largest absolute Gasteiger partial charge is 0.469 e. The Hall–Kier alpha value is -1.10. The molecule has 6 nitrogen and oxygen atoms in total. The number of morpholine rings is 1. The standard InChI is InChI=1S/C19H28N4O2S.HI/c1-16(23-8-11-24-12-9-23)14-21-19(22-15-18-5-3-13-26-18)20-7-6-17-4-2-10-25-17;/h2-5,10,13,16H,6-9,11-12,14-15H2,1H3,(H2,20,21,22);1H. The van der Waals surface area contributed by atoms with Crippen molar-refractivity contribution >= 4 is 41.3 Å². The second-order valence-electron chi connectivity index (χ2n) is 6.38. The average molecular weight is 504 g/mol. The molecule has 150 valence electrons. The number of guanidine groups is 1. The van der Waals surface area contributed by atoms with Crippen LogP contribution in [-0.2, 0) is 17.7 Å². The summed E-state index contributed by atoms with van der Waals surface area (Å²) in [5, 5.41) is 8.99. The molecule has 0 radical (unpaired) electrons. The number of halogens is 1. The number of ether oxygens (including phenoxy) is 1. The highest BCUT2D eigenvalue weighted by atomic mass is 127. The van der Waals surface area contributed by atoms with Crippen LogP contribution in [0.15, 0.2) is 45.3 Å². The third-order valence-corrected chi connectivity index (χ3v) is 5.31. The van der Waals surface area contributed by atoms with Crippen LogP contribution in [0.2, 0.25) is 0 Å². The smallest absolute Gasteiger partial charge is 0.191 e. The molecule has 27 heavy (non-hydrogen) atoms. The van der Waals surface area contributed by atoms with Gasteiger partial charge in [0.2, 0.25) is 0 Å². The monoisotopic (exact) mass is 504 g/mol. The fourth-order valence-corrected chi connectivity index (χ4v) is 3.51. The third-order valence-electron chi connectivity index (χ3n) is 4.45. The molecule has 8 heteroatoms. The highest BCUT2D eigenvalue weighted by molar-refractivity contribution is 14.0. The van der Waals surface area contributed by atoms with Crippen LogP contribution in [-0.4, -0.2) is 56.3 Å². The lowest BCUT2D eigenvalue weighted by molar-refractivity contribution is 0.0211. The molecule has 3 heterocycles. The maximum absolute atomic E-state index is 5.44. The van der Waals surface area contributed by atoms with Crippen molar-refractivity contribution in [3.63, 3.8) is 0 Å². The molecule has 1 atom stereocenters. The Balaban J connectivity index is 0.00000261. The summed E-state index contributed by atoms with van der Waals surface area (Å²) in [4.78, 5) is 8.45. The van der Waals surface area contributed by atoms with E-state index < -0.39 is 0 Å². The average Bonchev–Trinajstić information content (AvgIpc) is 3.38. The quantitative estimate of drug-likeness (QED) is 0.329. The maximum Gasteiger partial charge on any atom is 0.191 e. The molecular formula is C19H29IN4O2S. The van der Waals surface area contributed by atoms with Crippen molar-refractivity contribution < 1.29 is 9.15 Å². The second kappa shape index (κ2) is 12.4. The fraction of sp³-hybridized carbons (Fsp3) is 0.526. The number of rotatable bonds is 8. The molecule has 0 saturated carbocycles. The van der Waals surface area contributed by atoms with E-state index in [0.717, 1.165) is 57.5 Å². The van der Waals surface area contributed by atoms with Crippen molar-refractivity contribution in [3.05, 3.63) is 46.5 Å². The highest BCUT2D eigenvalue weighted by Gasteiger charge is 2.17. The van der Waals surface area contributed by atoms with E-state index in [1.54, 1.807) is 17.6 Å². The van der Waals surface area contributed by atoms with Crippen molar-refractivity contribution in [1.82, 2.24) is 15.5 Å². The van der Waals surface area contributed by atoms with Crippen LogP contribution >= 0.6 is 35.3 Å². The normalized spacial score (nSPS) is 16.6. The van der Waals surface area contributed by atoms with Gasteiger partial charge in [0.15, 0.2) is 5.96 Å². The summed E-state index contributed by atoms with van der Waals surface area (Å²) in [7, 11) is 0. The van der Waals surface area contributed by atoms with Crippen molar-refractivity contribution in [2.45, 2.75) is 25.9 Å². The van der Waals surface area contributed by atoms with Gasteiger partial charge in [0.25, 0.3) is 0 Å². The van der Waals surface area contributed by atoms with E-state index in [-0.39, 0.29) is 24.0 Å². The number of nitrogens with zero attached hydrogens (tertiary/aromatic N) is 2. The van der Waals surface area contributed by atoms with Gasteiger partial charge in [-0.15, -0.1) is 35.3 Å². The molecule has 1 aliphatic heterocycles. The predicted octanol–water partition coefficient (Wildman–Crippen LogP) is 2.96. The molecule has 1 saturated heterocycles. The Kier molecular flexibility index (Phi) is 10.2. The molecule has 1 unspecified atom stereocenters. The van der Waals surface area contributed by atoms with Gasteiger partial charge in [-0.05, 0) is 30.5 Å². The molecule has 0 bridgehead atoms. The molecule has 0 aromatic carbocycles. The molecule has 2 aromatic heterocycles. The molecule has 0 amide bonds.